The standard InChI is InChI=1S/C27H27F2N5O3S.C2H6/c1-15-26(16(2)37-31-15)17-4-7-23-22(12-17)30-27(34(23)19-10-11-32(14-19)38(3)36)24-8-9-25(35)33(24)18-5-6-20(28)21(29)13-18;1-2/h4-7,12-13,19,24H,8-11,14H2,1-3H3;1-2H3/t19?,24-,38?;/m0./s1. The predicted molar refractivity (Wildman–Crippen MR) is 151 cm³/mol. The molecule has 2 saturated heterocycles. The fraction of sp³-hybridized carbons (Fsp3) is 0.414. The number of anilines is 1. The van der Waals surface area contributed by atoms with Gasteiger partial charge in [0.05, 0.1) is 39.8 Å². The van der Waals surface area contributed by atoms with E-state index in [4.69, 9.17) is 9.51 Å². The highest BCUT2D eigenvalue weighted by atomic mass is 32.2. The van der Waals surface area contributed by atoms with Crippen LogP contribution in [0.1, 0.15) is 62.5 Å². The van der Waals surface area contributed by atoms with E-state index in [1.165, 1.54) is 11.0 Å². The summed E-state index contributed by atoms with van der Waals surface area (Å²) in [4.78, 5) is 19.6. The minimum absolute atomic E-state index is 0.00804. The third-order valence-corrected chi connectivity index (χ3v) is 8.64. The number of rotatable bonds is 5. The molecule has 6 rings (SSSR count). The van der Waals surface area contributed by atoms with Gasteiger partial charge in [-0.3, -0.25) is 4.79 Å². The zero-order valence-corrected chi connectivity index (χ0v) is 24.1. The molecule has 2 unspecified atom stereocenters. The average molecular weight is 570 g/mol. The molecule has 212 valence electrons. The summed E-state index contributed by atoms with van der Waals surface area (Å²) in [6, 6.07) is 9.07. The van der Waals surface area contributed by atoms with Crippen LogP contribution in [0.2, 0.25) is 0 Å². The lowest BCUT2D eigenvalue weighted by molar-refractivity contribution is -0.117. The highest BCUT2D eigenvalue weighted by molar-refractivity contribution is 7.81. The van der Waals surface area contributed by atoms with Crippen molar-refractivity contribution in [3.63, 3.8) is 0 Å². The molecule has 40 heavy (non-hydrogen) atoms. The van der Waals surface area contributed by atoms with Gasteiger partial charge in [-0.05, 0) is 56.5 Å². The summed E-state index contributed by atoms with van der Waals surface area (Å²) < 4.78 is 49.5. The summed E-state index contributed by atoms with van der Waals surface area (Å²) >= 11 is 0. The van der Waals surface area contributed by atoms with Gasteiger partial charge in [0.15, 0.2) is 11.6 Å². The summed E-state index contributed by atoms with van der Waals surface area (Å²) in [5.41, 5.74) is 4.56. The molecule has 3 atom stereocenters. The number of aryl methyl sites for hydroxylation is 2. The molecule has 0 bridgehead atoms. The number of nitrogens with zero attached hydrogens (tertiary/aromatic N) is 5. The van der Waals surface area contributed by atoms with E-state index in [1.54, 1.807) is 6.26 Å². The molecule has 0 radical (unpaired) electrons. The maximum atomic E-state index is 14.2. The highest BCUT2D eigenvalue weighted by Gasteiger charge is 2.39. The van der Waals surface area contributed by atoms with Crippen LogP contribution in [-0.4, -0.2) is 48.5 Å². The number of carbonyl (C=O) groups excluding carboxylic acids is 1. The number of fused-ring (bicyclic) bond motifs is 1. The maximum absolute atomic E-state index is 14.2. The molecule has 2 fully saturated rings. The normalized spacial score (nSPS) is 20.3. The largest absolute Gasteiger partial charge is 0.361 e. The minimum atomic E-state index is -1.10. The van der Waals surface area contributed by atoms with Crippen LogP contribution in [0.3, 0.4) is 0 Å². The van der Waals surface area contributed by atoms with Crippen LogP contribution in [0, 0.1) is 25.5 Å². The fourth-order valence-electron chi connectivity index (χ4n) is 5.83. The summed E-state index contributed by atoms with van der Waals surface area (Å²) in [7, 11) is -1.10. The predicted octanol–water partition coefficient (Wildman–Crippen LogP) is 6.02. The molecule has 2 aliphatic rings. The van der Waals surface area contributed by atoms with E-state index in [9.17, 15) is 17.8 Å². The molecule has 2 aliphatic heterocycles. The Morgan fingerprint density at radius 3 is 2.48 bits per heavy atom. The van der Waals surface area contributed by atoms with E-state index in [1.807, 2.05) is 50.2 Å². The number of aromatic nitrogens is 3. The van der Waals surface area contributed by atoms with E-state index < -0.39 is 28.7 Å². The van der Waals surface area contributed by atoms with Crippen molar-refractivity contribution in [3.8, 4) is 11.1 Å². The lowest BCUT2D eigenvalue weighted by atomic mass is 10.0. The van der Waals surface area contributed by atoms with Gasteiger partial charge < -0.3 is 14.0 Å². The molecule has 1 amide bonds. The maximum Gasteiger partial charge on any atom is 0.227 e. The van der Waals surface area contributed by atoms with Crippen LogP contribution >= 0.6 is 0 Å². The molecule has 2 aromatic heterocycles. The van der Waals surface area contributed by atoms with Gasteiger partial charge in [0, 0.05) is 43.1 Å². The van der Waals surface area contributed by atoms with Gasteiger partial charge in [-0.1, -0.05) is 25.1 Å². The van der Waals surface area contributed by atoms with Crippen molar-refractivity contribution in [2.75, 3.05) is 24.2 Å². The number of halogens is 2. The third kappa shape index (κ3) is 4.85. The molecule has 0 spiro atoms. The lowest BCUT2D eigenvalue weighted by Crippen LogP contribution is -2.30. The number of carbonyl (C=O) groups is 1. The van der Waals surface area contributed by atoms with Crippen molar-refractivity contribution >= 4 is 33.6 Å². The van der Waals surface area contributed by atoms with E-state index >= 15 is 0 Å². The lowest BCUT2D eigenvalue weighted by Gasteiger charge is -2.27. The summed E-state index contributed by atoms with van der Waals surface area (Å²) in [6.45, 7) is 9.02. The first-order valence-corrected chi connectivity index (χ1v) is 15.0. The molecular weight excluding hydrogens is 536 g/mol. The zero-order valence-electron chi connectivity index (χ0n) is 23.3. The zero-order chi connectivity index (χ0) is 28.7. The summed E-state index contributed by atoms with van der Waals surface area (Å²) in [5, 5.41) is 4.07. The number of imidazole rings is 1. The molecule has 8 nitrogen and oxygen atoms in total. The Kier molecular flexibility index (Phi) is 7.87. The van der Waals surface area contributed by atoms with Crippen molar-refractivity contribution in [2.24, 2.45) is 0 Å². The molecule has 0 aliphatic carbocycles. The summed E-state index contributed by atoms with van der Waals surface area (Å²) in [5.74, 6) is -0.742. The second-order valence-corrected chi connectivity index (χ2v) is 11.3. The Bertz CT molecular complexity index is 1580. The monoisotopic (exact) mass is 569 g/mol. The Morgan fingerprint density at radius 1 is 1.05 bits per heavy atom. The van der Waals surface area contributed by atoms with E-state index in [2.05, 4.69) is 9.72 Å². The second-order valence-electron chi connectivity index (χ2n) is 9.91. The molecule has 4 aromatic rings. The van der Waals surface area contributed by atoms with Crippen molar-refractivity contribution in [2.45, 2.75) is 59.0 Å². The first kappa shape index (κ1) is 28.1. The van der Waals surface area contributed by atoms with Crippen molar-refractivity contribution < 1.29 is 22.3 Å². The van der Waals surface area contributed by atoms with Gasteiger partial charge in [0.2, 0.25) is 5.91 Å². The number of hydrogen-bond donors (Lipinski definition) is 0. The second kappa shape index (κ2) is 11.2. The Hall–Kier alpha value is -3.44. The fourth-order valence-corrected chi connectivity index (χ4v) is 6.57. The minimum Gasteiger partial charge on any atom is -0.361 e. The van der Waals surface area contributed by atoms with Crippen LogP contribution in [0.5, 0.6) is 0 Å². The molecule has 4 heterocycles. The smallest absolute Gasteiger partial charge is 0.227 e. The van der Waals surface area contributed by atoms with Gasteiger partial charge >= 0.3 is 0 Å². The van der Waals surface area contributed by atoms with Crippen LogP contribution in [-0.2, 0) is 15.8 Å². The molecule has 11 heteroatoms. The van der Waals surface area contributed by atoms with E-state index in [0.717, 1.165) is 46.4 Å². The number of amides is 1. The van der Waals surface area contributed by atoms with Gasteiger partial charge in [-0.25, -0.2) is 22.3 Å². The topological polar surface area (TPSA) is 84.5 Å². The average Bonchev–Trinajstić information content (AvgIpc) is 3.71. The number of hydrogen-bond acceptors (Lipinski definition) is 5. The first-order chi connectivity index (χ1) is 19.2. The highest BCUT2D eigenvalue weighted by Crippen LogP contribution is 2.41. The van der Waals surface area contributed by atoms with Crippen LogP contribution < -0.4 is 4.90 Å². The van der Waals surface area contributed by atoms with Crippen molar-refractivity contribution in [1.29, 1.82) is 0 Å². The van der Waals surface area contributed by atoms with Crippen LogP contribution in [0.15, 0.2) is 40.9 Å². The van der Waals surface area contributed by atoms with Crippen LogP contribution in [0.25, 0.3) is 22.2 Å². The van der Waals surface area contributed by atoms with Crippen molar-refractivity contribution in [1.82, 2.24) is 19.0 Å². The Labute approximate surface area is 234 Å². The Balaban J connectivity index is 0.00000158. The van der Waals surface area contributed by atoms with Gasteiger partial charge in [0.1, 0.15) is 11.6 Å². The van der Waals surface area contributed by atoms with Gasteiger partial charge in [-0.15, -0.1) is 0 Å². The quantitative estimate of drug-likeness (QED) is 0.293. The van der Waals surface area contributed by atoms with Crippen LogP contribution in [0.4, 0.5) is 14.5 Å². The third-order valence-electron chi connectivity index (χ3n) is 7.59. The van der Waals surface area contributed by atoms with Gasteiger partial charge in [0.25, 0.3) is 0 Å². The first-order valence-electron chi connectivity index (χ1n) is 13.5. The number of benzene rings is 2. The Morgan fingerprint density at radius 2 is 1.82 bits per heavy atom. The van der Waals surface area contributed by atoms with Gasteiger partial charge in [-0.2, -0.15) is 0 Å². The van der Waals surface area contributed by atoms with E-state index in [-0.39, 0.29) is 18.4 Å². The molecular formula is C29H33F2N5O3S. The summed E-state index contributed by atoms with van der Waals surface area (Å²) in [6.07, 6.45) is 3.21. The molecule has 0 N–H and O–H groups in total. The molecule has 2 aromatic carbocycles. The molecule has 0 saturated carbocycles. The van der Waals surface area contributed by atoms with E-state index in [0.29, 0.717) is 36.8 Å². The van der Waals surface area contributed by atoms with Crippen molar-refractivity contribution in [3.05, 3.63) is 65.3 Å². The SMILES string of the molecule is CC.Cc1noc(C)c1-c1ccc2c(c1)nc([C@@H]1CCC(=O)N1c1ccc(F)c(F)c1)n2C1CCN(S(C)=O)C1.